The van der Waals surface area contributed by atoms with Crippen LogP contribution in [-0.4, -0.2) is 4.92 Å². The topological polar surface area (TPSA) is 99.4 Å². The lowest BCUT2D eigenvalue weighted by atomic mass is 10.2. The largest absolute Gasteiger partial charge is 0.423 e. The van der Waals surface area contributed by atoms with Crippen LogP contribution in [0.15, 0.2) is 33.5 Å². The minimum Gasteiger partial charge on any atom is -0.423 e. The number of fused-ring (bicyclic) bond motifs is 1. The van der Waals surface area contributed by atoms with E-state index < -0.39 is 10.5 Å². The molecule has 15 heavy (non-hydrogen) atoms. The summed E-state index contributed by atoms with van der Waals surface area (Å²) in [7, 11) is 0. The maximum atomic E-state index is 10.9. The van der Waals surface area contributed by atoms with Gasteiger partial charge in [0.25, 0.3) is 5.69 Å². The Labute approximate surface area is 83.1 Å². The van der Waals surface area contributed by atoms with Gasteiger partial charge in [-0.05, 0) is 6.07 Å². The standard InChI is InChI=1S/C9H6N2O4/c10-6-4-8-5(1-2-9(12)15-8)3-7(6)11(13)14/h1-4H,10H2. The molecule has 76 valence electrons. The zero-order chi connectivity index (χ0) is 11.0. The fourth-order valence-corrected chi connectivity index (χ4v) is 1.28. The molecule has 2 rings (SSSR count). The highest BCUT2D eigenvalue weighted by Crippen LogP contribution is 2.26. The molecule has 1 heterocycles. The number of nitrogen functional groups attached to an aromatic ring is 1. The summed E-state index contributed by atoms with van der Waals surface area (Å²) in [5, 5.41) is 11.0. The summed E-state index contributed by atoms with van der Waals surface area (Å²) >= 11 is 0. The third-order valence-electron chi connectivity index (χ3n) is 1.97. The number of hydrogen-bond acceptors (Lipinski definition) is 5. The molecule has 0 saturated carbocycles. The van der Waals surface area contributed by atoms with E-state index in [0.717, 1.165) is 0 Å². The summed E-state index contributed by atoms with van der Waals surface area (Å²) in [6.45, 7) is 0. The van der Waals surface area contributed by atoms with Gasteiger partial charge in [0.15, 0.2) is 0 Å². The average molecular weight is 206 g/mol. The van der Waals surface area contributed by atoms with Crippen molar-refractivity contribution in [3.8, 4) is 0 Å². The molecular formula is C9H6N2O4. The molecule has 0 bridgehead atoms. The summed E-state index contributed by atoms with van der Waals surface area (Å²) in [6, 6.07) is 5.19. The van der Waals surface area contributed by atoms with Crippen LogP contribution < -0.4 is 11.4 Å². The van der Waals surface area contributed by atoms with Crippen LogP contribution in [0.4, 0.5) is 11.4 Å². The van der Waals surface area contributed by atoms with Crippen LogP contribution in [0.1, 0.15) is 0 Å². The third-order valence-corrected chi connectivity index (χ3v) is 1.97. The molecule has 2 aromatic rings. The van der Waals surface area contributed by atoms with Gasteiger partial charge in [0.05, 0.1) is 4.92 Å². The second-order valence-electron chi connectivity index (χ2n) is 2.96. The third kappa shape index (κ3) is 1.52. The Morgan fingerprint density at radius 2 is 2.07 bits per heavy atom. The van der Waals surface area contributed by atoms with E-state index in [2.05, 4.69) is 0 Å². The normalized spacial score (nSPS) is 10.4. The molecule has 0 amide bonds. The Bertz CT molecular complexity index is 603. The van der Waals surface area contributed by atoms with Crippen molar-refractivity contribution in [2.24, 2.45) is 0 Å². The lowest BCUT2D eigenvalue weighted by Gasteiger charge is -1.99. The van der Waals surface area contributed by atoms with Crippen LogP contribution in [0, 0.1) is 10.1 Å². The average Bonchev–Trinajstić information content (AvgIpc) is 2.15. The number of benzene rings is 1. The van der Waals surface area contributed by atoms with Gasteiger partial charge in [-0.3, -0.25) is 10.1 Å². The Kier molecular flexibility index (Phi) is 1.89. The molecule has 0 spiro atoms. The van der Waals surface area contributed by atoms with Crippen LogP contribution in [0.2, 0.25) is 0 Å². The maximum absolute atomic E-state index is 10.9. The van der Waals surface area contributed by atoms with Crippen molar-refractivity contribution in [1.82, 2.24) is 0 Å². The summed E-state index contributed by atoms with van der Waals surface area (Å²) < 4.78 is 4.82. The molecule has 2 N–H and O–H groups in total. The molecule has 6 nitrogen and oxygen atoms in total. The van der Waals surface area contributed by atoms with Crippen LogP contribution in [0.25, 0.3) is 11.0 Å². The summed E-state index contributed by atoms with van der Waals surface area (Å²) in [6.07, 6.45) is 0. The van der Waals surface area contributed by atoms with Crippen LogP contribution >= 0.6 is 0 Å². The van der Waals surface area contributed by atoms with Gasteiger partial charge in [0.2, 0.25) is 0 Å². The molecule has 0 aliphatic heterocycles. The quantitative estimate of drug-likeness (QED) is 0.328. The van der Waals surface area contributed by atoms with Crippen molar-refractivity contribution < 1.29 is 9.34 Å². The number of anilines is 1. The zero-order valence-corrected chi connectivity index (χ0v) is 7.47. The van der Waals surface area contributed by atoms with Crippen molar-refractivity contribution in [2.45, 2.75) is 0 Å². The molecule has 0 atom stereocenters. The lowest BCUT2D eigenvalue weighted by Crippen LogP contribution is -1.98. The summed E-state index contributed by atoms with van der Waals surface area (Å²) in [5.74, 6) is 0. The SMILES string of the molecule is Nc1cc2oc(=O)ccc2cc1[N+](=O)[O-]. The number of hydrogen-bond donors (Lipinski definition) is 1. The van der Waals surface area contributed by atoms with Crippen molar-refractivity contribution >= 4 is 22.3 Å². The molecule has 1 aromatic heterocycles. The minimum atomic E-state index is -0.583. The molecule has 0 unspecified atom stereocenters. The summed E-state index contributed by atoms with van der Waals surface area (Å²) in [4.78, 5) is 20.9. The van der Waals surface area contributed by atoms with Gasteiger partial charge in [0.1, 0.15) is 11.3 Å². The lowest BCUT2D eigenvalue weighted by molar-refractivity contribution is -0.383. The monoisotopic (exact) mass is 206 g/mol. The Hall–Kier alpha value is -2.37. The van der Waals surface area contributed by atoms with Gasteiger partial charge in [-0.2, -0.15) is 0 Å². The first-order chi connectivity index (χ1) is 7.08. The first kappa shape index (κ1) is 9.20. The van der Waals surface area contributed by atoms with Gasteiger partial charge in [0, 0.05) is 23.6 Å². The van der Waals surface area contributed by atoms with Gasteiger partial charge in [-0.15, -0.1) is 0 Å². The second kappa shape index (κ2) is 3.09. The number of nitro groups is 1. The fourth-order valence-electron chi connectivity index (χ4n) is 1.28. The Morgan fingerprint density at radius 3 is 2.73 bits per heavy atom. The van der Waals surface area contributed by atoms with E-state index >= 15 is 0 Å². The Morgan fingerprint density at radius 1 is 1.33 bits per heavy atom. The molecular weight excluding hydrogens is 200 g/mol. The number of nitro benzene ring substituents is 1. The van der Waals surface area contributed by atoms with Crippen LogP contribution in [0.5, 0.6) is 0 Å². The van der Waals surface area contributed by atoms with Crippen molar-refractivity contribution in [2.75, 3.05) is 5.73 Å². The van der Waals surface area contributed by atoms with E-state index in [1.165, 1.54) is 24.3 Å². The van der Waals surface area contributed by atoms with E-state index in [-0.39, 0.29) is 17.0 Å². The van der Waals surface area contributed by atoms with Gasteiger partial charge in [-0.1, -0.05) is 0 Å². The fraction of sp³-hybridized carbons (Fsp3) is 0. The van der Waals surface area contributed by atoms with Gasteiger partial charge < -0.3 is 10.2 Å². The van der Waals surface area contributed by atoms with E-state index in [0.29, 0.717) is 5.39 Å². The van der Waals surface area contributed by atoms with E-state index in [1.54, 1.807) is 0 Å². The first-order valence-electron chi connectivity index (χ1n) is 4.06. The first-order valence-corrected chi connectivity index (χ1v) is 4.06. The second-order valence-corrected chi connectivity index (χ2v) is 2.96. The molecule has 6 heteroatoms. The Balaban J connectivity index is 2.82. The molecule has 0 aliphatic carbocycles. The minimum absolute atomic E-state index is 0.0261. The molecule has 0 radical (unpaired) electrons. The molecule has 0 saturated heterocycles. The predicted octanol–water partition coefficient (Wildman–Crippen LogP) is 1.28. The van der Waals surface area contributed by atoms with Crippen LogP contribution in [0.3, 0.4) is 0 Å². The van der Waals surface area contributed by atoms with E-state index in [4.69, 9.17) is 10.2 Å². The maximum Gasteiger partial charge on any atom is 0.336 e. The van der Waals surface area contributed by atoms with Crippen molar-refractivity contribution in [3.05, 3.63) is 44.8 Å². The highest BCUT2D eigenvalue weighted by molar-refractivity contribution is 5.84. The number of nitrogens with zero attached hydrogens (tertiary/aromatic N) is 1. The van der Waals surface area contributed by atoms with Gasteiger partial charge >= 0.3 is 5.63 Å². The van der Waals surface area contributed by atoms with Crippen LogP contribution in [-0.2, 0) is 0 Å². The zero-order valence-electron chi connectivity index (χ0n) is 7.47. The molecule has 1 aromatic carbocycles. The molecule has 0 fully saturated rings. The van der Waals surface area contributed by atoms with E-state index in [1.807, 2.05) is 0 Å². The highest BCUT2D eigenvalue weighted by Gasteiger charge is 2.13. The summed E-state index contributed by atoms with van der Waals surface area (Å²) in [5.41, 5.74) is 4.93. The highest BCUT2D eigenvalue weighted by atomic mass is 16.6. The van der Waals surface area contributed by atoms with Crippen molar-refractivity contribution in [3.63, 3.8) is 0 Å². The van der Waals surface area contributed by atoms with Crippen molar-refractivity contribution in [1.29, 1.82) is 0 Å². The number of nitrogens with two attached hydrogens (primary N) is 1. The smallest absolute Gasteiger partial charge is 0.336 e. The number of rotatable bonds is 1. The molecule has 0 aliphatic rings. The van der Waals surface area contributed by atoms with Gasteiger partial charge in [-0.25, -0.2) is 4.79 Å². The predicted molar refractivity (Wildman–Crippen MR) is 53.6 cm³/mol. The van der Waals surface area contributed by atoms with E-state index in [9.17, 15) is 14.9 Å².